The van der Waals surface area contributed by atoms with Crippen molar-refractivity contribution >= 4 is 18.7 Å². The second kappa shape index (κ2) is 6.77. The monoisotopic (exact) mass is 428 g/mol. The number of ketones is 2. The van der Waals surface area contributed by atoms with Crippen LogP contribution in [0.4, 0.5) is 0 Å². The van der Waals surface area contributed by atoms with Gasteiger partial charge in [0.15, 0.2) is 11.6 Å². The fourth-order valence-electron chi connectivity index (χ4n) is 8.30. The Morgan fingerprint density at radius 2 is 1.87 bits per heavy atom. The molecule has 5 rings (SSSR count). The van der Waals surface area contributed by atoms with Crippen molar-refractivity contribution in [1.29, 1.82) is 0 Å². The second-order valence-electron chi connectivity index (χ2n) is 12.5. The predicted octanol–water partition coefficient (Wildman–Crippen LogP) is 4.13. The summed E-state index contributed by atoms with van der Waals surface area (Å²) in [6.07, 6.45) is 6.97. The van der Waals surface area contributed by atoms with Gasteiger partial charge in [-0.25, -0.2) is 0 Å². The Labute approximate surface area is 186 Å². The zero-order chi connectivity index (χ0) is 22.4. The lowest BCUT2D eigenvalue weighted by Crippen LogP contribution is -2.66. The minimum Gasteiger partial charge on any atom is -0.403 e. The molecular formula is C25H37BO5. The van der Waals surface area contributed by atoms with Crippen LogP contribution < -0.4 is 0 Å². The van der Waals surface area contributed by atoms with E-state index in [-0.39, 0.29) is 40.2 Å². The van der Waals surface area contributed by atoms with Gasteiger partial charge in [0, 0.05) is 11.8 Å². The molecule has 7 atom stereocenters. The summed E-state index contributed by atoms with van der Waals surface area (Å²) >= 11 is 0. The van der Waals surface area contributed by atoms with Gasteiger partial charge in [0.1, 0.15) is 5.60 Å². The quantitative estimate of drug-likeness (QED) is 0.588. The summed E-state index contributed by atoms with van der Waals surface area (Å²) in [4.78, 5) is 25.4. The van der Waals surface area contributed by atoms with E-state index in [4.69, 9.17) is 9.31 Å². The van der Waals surface area contributed by atoms with Crippen molar-refractivity contribution in [2.75, 3.05) is 6.61 Å². The molecule has 31 heavy (non-hydrogen) atoms. The van der Waals surface area contributed by atoms with Gasteiger partial charge in [-0.15, -0.1) is 0 Å². The first-order valence-corrected chi connectivity index (χ1v) is 12.2. The Kier molecular flexibility index (Phi) is 4.77. The molecular weight excluding hydrogens is 391 g/mol. The number of aliphatic hydroxyl groups excluding tert-OH is 1. The molecule has 1 spiro atoms. The Balaban J connectivity index is 1.52. The first-order chi connectivity index (χ1) is 14.4. The summed E-state index contributed by atoms with van der Waals surface area (Å²) in [5.74, 6) is 1.14. The third-order valence-electron chi connectivity index (χ3n) is 9.85. The molecule has 1 N–H and O–H groups in total. The Morgan fingerprint density at radius 1 is 1.13 bits per heavy atom. The van der Waals surface area contributed by atoms with Crippen LogP contribution in [0.25, 0.3) is 0 Å². The van der Waals surface area contributed by atoms with Gasteiger partial charge in [-0.3, -0.25) is 9.59 Å². The van der Waals surface area contributed by atoms with E-state index in [9.17, 15) is 14.7 Å². The van der Waals surface area contributed by atoms with Crippen molar-refractivity contribution < 1.29 is 24.0 Å². The molecule has 1 aliphatic heterocycles. The molecule has 0 unspecified atom stereocenters. The molecule has 3 saturated carbocycles. The van der Waals surface area contributed by atoms with Gasteiger partial charge in [0.2, 0.25) is 0 Å². The van der Waals surface area contributed by atoms with Gasteiger partial charge in [0.05, 0.1) is 12.7 Å². The standard InChI is InChI=1S/C25H37BO5/c1-22(2,3)26-30-14-20(29)25(31-26)11-9-18-17-7-6-15-12-16(27)8-10-23(15,4)21(17)19(28)13-24(18,25)5/h12,17-19,21,28H,6-11,13-14H2,1-5H3/t17-,18-,19+,21+,23-,24-,25-/m0/s1. The number of fused-ring (bicyclic) bond motifs is 6. The topological polar surface area (TPSA) is 72.8 Å². The molecule has 1 saturated heterocycles. The number of Topliss-reactive ketones (excluding diaryl/α,β-unsaturated/α-hetero) is 1. The molecule has 6 heteroatoms. The van der Waals surface area contributed by atoms with Crippen LogP contribution in [0, 0.1) is 28.6 Å². The zero-order valence-corrected chi connectivity index (χ0v) is 19.7. The number of rotatable bonds is 0. The lowest BCUT2D eigenvalue weighted by molar-refractivity contribution is -0.186. The van der Waals surface area contributed by atoms with E-state index in [1.165, 1.54) is 5.57 Å². The normalized spacial score (nSPS) is 47.7. The van der Waals surface area contributed by atoms with Crippen molar-refractivity contribution in [3.05, 3.63) is 11.6 Å². The smallest absolute Gasteiger partial charge is 0.403 e. The van der Waals surface area contributed by atoms with Crippen LogP contribution in [0.5, 0.6) is 0 Å². The summed E-state index contributed by atoms with van der Waals surface area (Å²) in [5, 5.41) is 11.4. The van der Waals surface area contributed by atoms with Crippen LogP contribution in [0.3, 0.4) is 0 Å². The van der Waals surface area contributed by atoms with Crippen LogP contribution in [0.2, 0.25) is 5.31 Å². The first kappa shape index (κ1) is 21.8. The molecule has 0 aromatic carbocycles. The van der Waals surface area contributed by atoms with Crippen molar-refractivity contribution in [1.82, 2.24) is 0 Å². The van der Waals surface area contributed by atoms with E-state index in [1.807, 2.05) is 6.08 Å². The fraction of sp³-hybridized carbons (Fsp3) is 0.840. The summed E-state index contributed by atoms with van der Waals surface area (Å²) in [6, 6.07) is 0. The van der Waals surface area contributed by atoms with Crippen LogP contribution in [-0.4, -0.2) is 42.1 Å². The molecule has 5 nitrogen and oxygen atoms in total. The summed E-state index contributed by atoms with van der Waals surface area (Å²) in [6.45, 7) is 10.8. The third kappa shape index (κ3) is 2.86. The predicted molar refractivity (Wildman–Crippen MR) is 118 cm³/mol. The largest absolute Gasteiger partial charge is 0.463 e. The average molecular weight is 428 g/mol. The average Bonchev–Trinajstić information content (AvgIpc) is 2.96. The van der Waals surface area contributed by atoms with E-state index in [0.29, 0.717) is 24.7 Å². The maximum atomic E-state index is 13.4. The number of hydrogen-bond acceptors (Lipinski definition) is 5. The van der Waals surface area contributed by atoms with Gasteiger partial charge in [-0.2, -0.15) is 0 Å². The minimum atomic E-state index is -0.862. The summed E-state index contributed by atoms with van der Waals surface area (Å²) in [5.41, 5.74) is -0.118. The van der Waals surface area contributed by atoms with Gasteiger partial charge in [-0.1, -0.05) is 40.2 Å². The highest BCUT2D eigenvalue weighted by atomic mass is 16.6. The number of allylic oxidation sites excluding steroid dienone is 1. The van der Waals surface area contributed by atoms with E-state index in [0.717, 1.165) is 32.1 Å². The molecule has 4 aliphatic carbocycles. The van der Waals surface area contributed by atoms with E-state index < -0.39 is 18.8 Å². The Morgan fingerprint density at radius 3 is 2.58 bits per heavy atom. The van der Waals surface area contributed by atoms with Gasteiger partial charge in [-0.05, 0) is 73.1 Å². The third-order valence-corrected chi connectivity index (χ3v) is 9.85. The van der Waals surface area contributed by atoms with Crippen LogP contribution in [0.15, 0.2) is 11.6 Å². The van der Waals surface area contributed by atoms with Crippen LogP contribution >= 0.6 is 0 Å². The number of hydrogen-bond donors (Lipinski definition) is 1. The lowest BCUT2D eigenvalue weighted by Gasteiger charge is -2.61. The van der Waals surface area contributed by atoms with Crippen LogP contribution in [-0.2, 0) is 18.9 Å². The molecule has 1 heterocycles. The fourth-order valence-corrected chi connectivity index (χ4v) is 8.30. The molecule has 0 radical (unpaired) electrons. The van der Waals surface area contributed by atoms with E-state index in [2.05, 4.69) is 34.6 Å². The molecule has 5 aliphatic rings. The SMILES string of the molecule is CC(C)(C)B1OCC(=O)[C@]2(CC[C@H]3[C@@H]4CCC5=CC(=O)CC[C@]5(C)[C@H]4[C@H](O)C[C@@]32C)O1. The van der Waals surface area contributed by atoms with Crippen molar-refractivity contribution in [3.8, 4) is 0 Å². The molecule has 0 bridgehead atoms. The highest BCUT2D eigenvalue weighted by Crippen LogP contribution is 2.69. The molecule has 4 fully saturated rings. The Bertz CT molecular complexity index is 845. The highest BCUT2D eigenvalue weighted by molar-refractivity contribution is 6.49. The Hall–Kier alpha value is -0.975. The van der Waals surface area contributed by atoms with E-state index >= 15 is 0 Å². The maximum absolute atomic E-state index is 13.4. The number of aliphatic hydroxyl groups is 1. The van der Waals surface area contributed by atoms with Gasteiger partial charge >= 0.3 is 7.12 Å². The van der Waals surface area contributed by atoms with Crippen molar-refractivity contribution in [3.63, 3.8) is 0 Å². The lowest BCUT2D eigenvalue weighted by atomic mass is 9.45. The summed E-state index contributed by atoms with van der Waals surface area (Å²) in [7, 11) is -0.418. The zero-order valence-electron chi connectivity index (χ0n) is 19.7. The second-order valence-corrected chi connectivity index (χ2v) is 12.5. The minimum absolute atomic E-state index is 0.0505. The number of carbonyl (C=O) groups excluding carboxylic acids is 2. The molecule has 0 aromatic rings. The van der Waals surface area contributed by atoms with E-state index in [1.54, 1.807) is 0 Å². The van der Waals surface area contributed by atoms with Crippen molar-refractivity contribution in [2.24, 2.45) is 28.6 Å². The molecule has 170 valence electrons. The maximum Gasteiger partial charge on any atom is 0.463 e. The highest BCUT2D eigenvalue weighted by Gasteiger charge is 2.71. The number of carbonyl (C=O) groups is 2. The first-order valence-electron chi connectivity index (χ1n) is 12.2. The summed E-state index contributed by atoms with van der Waals surface area (Å²) < 4.78 is 12.4. The van der Waals surface area contributed by atoms with Gasteiger partial charge in [0.25, 0.3) is 0 Å². The molecule has 0 amide bonds. The van der Waals surface area contributed by atoms with Crippen LogP contribution in [0.1, 0.15) is 79.6 Å². The molecule has 0 aromatic heterocycles. The van der Waals surface area contributed by atoms with Gasteiger partial charge < -0.3 is 14.4 Å². The van der Waals surface area contributed by atoms with Crippen molar-refractivity contribution in [2.45, 2.75) is 96.6 Å².